The van der Waals surface area contributed by atoms with Gasteiger partial charge in [0.05, 0.1) is 17.3 Å². The van der Waals surface area contributed by atoms with Crippen molar-refractivity contribution in [2.24, 2.45) is 5.92 Å². The van der Waals surface area contributed by atoms with Crippen LogP contribution in [0.5, 0.6) is 0 Å². The van der Waals surface area contributed by atoms with E-state index in [1.54, 1.807) is 6.92 Å². The third-order valence-corrected chi connectivity index (χ3v) is 4.53. The number of nitrogens with zero attached hydrogens (tertiary/aromatic N) is 1. The van der Waals surface area contributed by atoms with Gasteiger partial charge in [-0.2, -0.15) is 13.2 Å². The van der Waals surface area contributed by atoms with Gasteiger partial charge in [-0.1, -0.05) is 18.5 Å². The molecule has 1 fully saturated rings. The maximum absolute atomic E-state index is 13.1. The predicted molar refractivity (Wildman–Crippen MR) is 84.5 cm³/mol. The molecule has 1 saturated heterocycles. The van der Waals surface area contributed by atoms with Crippen LogP contribution in [-0.4, -0.2) is 29.9 Å². The summed E-state index contributed by atoms with van der Waals surface area (Å²) in [7, 11) is 0. The first kappa shape index (κ1) is 18.1. The van der Waals surface area contributed by atoms with Crippen LogP contribution in [0.4, 0.5) is 18.9 Å². The van der Waals surface area contributed by atoms with E-state index in [0.717, 1.165) is 32.0 Å². The highest BCUT2D eigenvalue weighted by molar-refractivity contribution is 6.30. The second-order valence-corrected chi connectivity index (χ2v) is 6.51. The maximum Gasteiger partial charge on any atom is 0.418 e. The van der Waals surface area contributed by atoms with Crippen molar-refractivity contribution in [1.29, 1.82) is 0 Å². The minimum Gasteiger partial charge on any atom is -0.324 e. The second kappa shape index (κ2) is 7.09. The molecule has 0 unspecified atom stereocenters. The van der Waals surface area contributed by atoms with E-state index in [9.17, 15) is 18.0 Å². The van der Waals surface area contributed by atoms with Crippen molar-refractivity contribution in [3.63, 3.8) is 0 Å². The SMILES string of the molecule is CC1CCN([C@H](C)C(=O)Nc2ccc(Cl)cc2C(F)(F)F)CC1. The highest BCUT2D eigenvalue weighted by Gasteiger charge is 2.35. The van der Waals surface area contributed by atoms with Crippen LogP contribution in [0, 0.1) is 5.92 Å². The van der Waals surface area contributed by atoms with Crippen LogP contribution in [0.1, 0.15) is 32.3 Å². The van der Waals surface area contributed by atoms with E-state index in [0.29, 0.717) is 5.92 Å². The average molecular weight is 349 g/mol. The first-order valence-corrected chi connectivity index (χ1v) is 7.98. The molecule has 3 nitrogen and oxygen atoms in total. The number of alkyl halides is 3. The minimum absolute atomic E-state index is 0.0200. The monoisotopic (exact) mass is 348 g/mol. The van der Waals surface area contributed by atoms with Crippen molar-refractivity contribution in [3.05, 3.63) is 28.8 Å². The molecular weight excluding hydrogens is 329 g/mol. The van der Waals surface area contributed by atoms with E-state index < -0.39 is 23.7 Å². The van der Waals surface area contributed by atoms with Crippen LogP contribution < -0.4 is 5.32 Å². The van der Waals surface area contributed by atoms with Crippen LogP contribution in [0.3, 0.4) is 0 Å². The van der Waals surface area contributed by atoms with Crippen molar-refractivity contribution in [2.75, 3.05) is 18.4 Å². The zero-order valence-electron chi connectivity index (χ0n) is 13.1. The normalized spacial score (nSPS) is 18.7. The lowest BCUT2D eigenvalue weighted by atomic mass is 9.98. The summed E-state index contributed by atoms with van der Waals surface area (Å²) in [5.74, 6) is 0.182. The number of halogens is 4. The van der Waals surface area contributed by atoms with Crippen molar-refractivity contribution in [2.45, 2.75) is 38.9 Å². The third-order valence-electron chi connectivity index (χ3n) is 4.29. The summed E-state index contributed by atoms with van der Waals surface area (Å²) in [6.45, 7) is 5.44. The van der Waals surface area contributed by atoms with E-state index in [2.05, 4.69) is 12.2 Å². The largest absolute Gasteiger partial charge is 0.418 e. The number of carbonyl (C=O) groups is 1. The number of amides is 1. The van der Waals surface area contributed by atoms with Crippen LogP contribution >= 0.6 is 11.6 Å². The van der Waals surface area contributed by atoms with Gasteiger partial charge in [-0.05, 0) is 57.0 Å². The number of hydrogen-bond acceptors (Lipinski definition) is 2. The topological polar surface area (TPSA) is 32.3 Å². The zero-order chi connectivity index (χ0) is 17.2. The Bertz CT molecular complexity index is 569. The summed E-state index contributed by atoms with van der Waals surface area (Å²) in [5, 5.41) is 2.37. The molecule has 1 N–H and O–H groups in total. The Morgan fingerprint density at radius 3 is 2.52 bits per heavy atom. The molecule has 2 rings (SSSR count). The lowest BCUT2D eigenvalue weighted by molar-refractivity contribution is -0.137. The van der Waals surface area contributed by atoms with E-state index >= 15 is 0 Å². The highest BCUT2D eigenvalue weighted by atomic mass is 35.5. The summed E-state index contributed by atoms with van der Waals surface area (Å²) in [6.07, 6.45) is -2.59. The first-order chi connectivity index (χ1) is 10.7. The fourth-order valence-corrected chi connectivity index (χ4v) is 2.85. The molecule has 1 atom stereocenters. The maximum atomic E-state index is 13.1. The van der Waals surface area contributed by atoms with E-state index in [1.807, 2.05) is 4.90 Å². The molecule has 128 valence electrons. The lowest BCUT2D eigenvalue weighted by Gasteiger charge is -2.34. The minimum atomic E-state index is -4.57. The van der Waals surface area contributed by atoms with E-state index in [1.165, 1.54) is 12.1 Å². The highest BCUT2D eigenvalue weighted by Crippen LogP contribution is 2.36. The van der Waals surface area contributed by atoms with Gasteiger partial charge in [0.25, 0.3) is 0 Å². The number of nitrogens with one attached hydrogen (secondary N) is 1. The predicted octanol–water partition coefficient (Wildman–Crippen LogP) is 4.42. The third kappa shape index (κ3) is 4.61. The molecule has 1 aromatic carbocycles. The molecule has 0 aromatic heterocycles. The number of benzene rings is 1. The summed E-state index contributed by atoms with van der Waals surface area (Å²) in [4.78, 5) is 14.3. The van der Waals surface area contributed by atoms with Gasteiger partial charge >= 0.3 is 6.18 Å². The van der Waals surface area contributed by atoms with Gasteiger partial charge in [-0.25, -0.2) is 0 Å². The van der Waals surface area contributed by atoms with Crippen molar-refractivity contribution >= 4 is 23.2 Å². The molecule has 0 spiro atoms. The van der Waals surface area contributed by atoms with Gasteiger partial charge in [0.1, 0.15) is 0 Å². The molecule has 1 aromatic rings. The zero-order valence-corrected chi connectivity index (χ0v) is 13.8. The lowest BCUT2D eigenvalue weighted by Crippen LogP contribution is -2.45. The number of likely N-dealkylation sites (tertiary alicyclic amines) is 1. The van der Waals surface area contributed by atoms with Gasteiger partial charge in [0.15, 0.2) is 0 Å². The molecule has 0 bridgehead atoms. The molecule has 1 heterocycles. The van der Waals surface area contributed by atoms with Gasteiger partial charge < -0.3 is 5.32 Å². The fraction of sp³-hybridized carbons (Fsp3) is 0.562. The number of carbonyl (C=O) groups excluding carboxylic acids is 1. The van der Waals surface area contributed by atoms with Crippen LogP contribution in [0.25, 0.3) is 0 Å². The molecule has 7 heteroatoms. The summed E-state index contributed by atoms with van der Waals surface area (Å²) < 4.78 is 39.2. The molecule has 1 aliphatic heterocycles. The quantitative estimate of drug-likeness (QED) is 0.877. The van der Waals surface area contributed by atoms with Gasteiger partial charge in [0.2, 0.25) is 5.91 Å². The van der Waals surface area contributed by atoms with Crippen molar-refractivity contribution < 1.29 is 18.0 Å². The Morgan fingerprint density at radius 1 is 1.35 bits per heavy atom. The molecule has 0 radical (unpaired) electrons. The standard InChI is InChI=1S/C16H20ClF3N2O/c1-10-5-7-22(8-6-10)11(2)15(23)21-14-4-3-12(17)9-13(14)16(18,19)20/h3-4,9-11H,5-8H2,1-2H3,(H,21,23)/t11-/m1/s1. The molecule has 0 aliphatic carbocycles. The van der Waals surface area contributed by atoms with Crippen LogP contribution in [0.15, 0.2) is 18.2 Å². The summed E-state index contributed by atoms with van der Waals surface area (Å²) >= 11 is 5.64. The van der Waals surface area contributed by atoms with Gasteiger partial charge in [-0.15, -0.1) is 0 Å². The number of piperidine rings is 1. The smallest absolute Gasteiger partial charge is 0.324 e. The second-order valence-electron chi connectivity index (χ2n) is 6.07. The van der Waals surface area contributed by atoms with Gasteiger partial charge in [0, 0.05) is 5.02 Å². The Kier molecular flexibility index (Phi) is 5.57. The van der Waals surface area contributed by atoms with Crippen molar-refractivity contribution in [3.8, 4) is 0 Å². The number of anilines is 1. The number of rotatable bonds is 3. The van der Waals surface area contributed by atoms with Crippen LogP contribution in [0.2, 0.25) is 5.02 Å². The Hall–Kier alpha value is -1.27. The number of hydrogen-bond donors (Lipinski definition) is 1. The molecule has 1 aliphatic rings. The molecular formula is C16H20ClF3N2O. The van der Waals surface area contributed by atoms with E-state index in [4.69, 9.17) is 11.6 Å². The average Bonchev–Trinajstić information content (AvgIpc) is 2.48. The fourth-order valence-electron chi connectivity index (χ4n) is 2.68. The summed E-state index contributed by atoms with van der Waals surface area (Å²) in [5.41, 5.74) is -1.19. The Balaban J connectivity index is 2.11. The first-order valence-electron chi connectivity index (χ1n) is 7.60. The Labute approximate surface area is 138 Å². The molecule has 1 amide bonds. The molecule has 23 heavy (non-hydrogen) atoms. The molecule has 0 saturated carbocycles. The van der Waals surface area contributed by atoms with Crippen molar-refractivity contribution in [1.82, 2.24) is 4.90 Å². The van der Waals surface area contributed by atoms with Gasteiger partial charge in [-0.3, -0.25) is 9.69 Å². The Morgan fingerprint density at radius 2 is 1.96 bits per heavy atom. The van der Waals surface area contributed by atoms with Crippen LogP contribution in [-0.2, 0) is 11.0 Å². The summed E-state index contributed by atoms with van der Waals surface area (Å²) in [6, 6.07) is 2.87. The van der Waals surface area contributed by atoms with E-state index in [-0.39, 0.29) is 10.7 Å².